The predicted molar refractivity (Wildman–Crippen MR) is 247 cm³/mol. The molecule has 10 rings (SSSR count). The summed E-state index contributed by atoms with van der Waals surface area (Å²) in [6, 6.07) is 61.0. The van der Waals surface area contributed by atoms with Crippen LogP contribution in [0, 0.1) is 41.5 Å². The van der Waals surface area contributed by atoms with Gasteiger partial charge in [0.1, 0.15) is 0 Å². The van der Waals surface area contributed by atoms with Crippen molar-refractivity contribution in [1.29, 1.82) is 0 Å². The van der Waals surface area contributed by atoms with Crippen molar-refractivity contribution in [2.75, 3.05) is 0 Å². The molecule has 0 radical (unpaired) electrons. The molecule has 2 aromatic heterocycles. The number of fused-ring (bicyclic) bond motifs is 7. The van der Waals surface area contributed by atoms with E-state index < -0.39 is 0 Å². The van der Waals surface area contributed by atoms with E-state index in [1.807, 2.05) is 0 Å². The lowest BCUT2D eigenvalue weighted by Gasteiger charge is -2.24. The van der Waals surface area contributed by atoms with Crippen LogP contribution in [-0.4, -0.2) is 15.8 Å². The first kappa shape index (κ1) is 34.9. The minimum absolute atomic E-state index is 0.143. The Morgan fingerprint density at radius 3 is 1.54 bits per heavy atom. The Bertz CT molecular complexity index is 3080. The van der Waals surface area contributed by atoms with Crippen LogP contribution in [-0.2, 0) is 0 Å². The number of rotatable bonds is 6. The van der Waals surface area contributed by atoms with Crippen LogP contribution in [0.15, 0.2) is 164 Å². The van der Waals surface area contributed by atoms with Crippen molar-refractivity contribution < 1.29 is 0 Å². The second kappa shape index (κ2) is 13.6. The van der Waals surface area contributed by atoms with Crippen molar-refractivity contribution in [2.45, 2.75) is 41.5 Å². The molecule has 0 aliphatic carbocycles. The summed E-state index contributed by atoms with van der Waals surface area (Å²) in [7, 11) is 0. The third-order valence-corrected chi connectivity index (χ3v) is 12.2. The van der Waals surface area contributed by atoms with E-state index >= 15 is 0 Å². The first-order valence-corrected chi connectivity index (χ1v) is 20.1. The molecule has 0 aliphatic heterocycles. The largest absolute Gasteiger partial charge is 0.309 e. The minimum atomic E-state index is 0.143. The lowest BCUT2D eigenvalue weighted by Crippen LogP contribution is -2.55. The number of nitrogens with zero attached hydrogens (tertiary/aromatic N) is 2. The van der Waals surface area contributed by atoms with Gasteiger partial charge in [0.05, 0.1) is 22.1 Å². The Balaban J connectivity index is 1.15. The highest BCUT2D eigenvalue weighted by Crippen LogP contribution is 2.42. The van der Waals surface area contributed by atoms with E-state index in [9.17, 15) is 0 Å². The second-order valence-electron chi connectivity index (χ2n) is 16.1. The zero-order valence-corrected chi connectivity index (χ0v) is 33.6. The van der Waals surface area contributed by atoms with Crippen LogP contribution < -0.4 is 16.4 Å². The van der Waals surface area contributed by atoms with E-state index in [-0.39, 0.29) is 6.71 Å². The number of aryl methyl sites for hydroxylation is 6. The summed E-state index contributed by atoms with van der Waals surface area (Å²) in [6.45, 7) is 13.7. The van der Waals surface area contributed by atoms with E-state index in [4.69, 9.17) is 0 Å². The van der Waals surface area contributed by atoms with E-state index in [0.29, 0.717) is 0 Å². The normalized spacial score (nSPS) is 11.7. The number of hydrogen-bond acceptors (Lipinski definition) is 0. The smallest absolute Gasteiger partial charge is 0.242 e. The van der Waals surface area contributed by atoms with Crippen molar-refractivity contribution in [3.8, 4) is 22.5 Å². The summed E-state index contributed by atoms with van der Waals surface area (Å²) >= 11 is 0. The second-order valence-corrected chi connectivity index (χ2v) is 16.1. The molecule has 0 saturated carbocycles. The first-order valence-electron chi connectivity index (χ1n) is 20.1. The molecule has 0 N–H and O–H groups in total. The van der Waals surface area contributed by atoms with Crippen LogP contribution in [0.3, 0.4) is 0 Å². The number of para-hydroxylation sites is 3. The molecule has 57 heavy (non-hydrogen) atoms. The molecule has 2 heterocycles. The highest BCUT2D eigenvalue weighted by Gasteiger charge is 2.28. The summed E-state index contributed by atoms with van der Waals surface area (Å²) in [5.41, 5.74) is 21.8. The van der Waals surface area contributed by atoms with Gasteiger partial charge in [-0.25, -0.2) is 0 Å². The molecule has 0 spiro atoms. The number of hydrogen-bond donors (Lipinski definition) is 0. The van der Waals surface area contributed by atoms with Crippen LogP contribution in [0.5, 0.6) is 0 Å². The van der Waals surface area contributed by atoms with E-state index in [1.165, 1.54) is 110 Å². The quantitative estimate of drug-likeness (QED) is 0.151. The Kier molecular flexibility index (Phi) is 8.30. The molecule has 0 atom stereocenters. The van der Waals surface area contributed by atoms with Crippen LogP contribution >= 0.6 is 0 Å². The lowest BCUT2D eigenvalue weighted by atomic mass is 9.34. The van der Waals surface area contributed by atoms with Crippen LogP contribution in [0.4, 0.5) is 0 Å². The van der Waals surface area contributed by atoms with Gasteiger partial charge in [0.2, 0.25) is 6.71 Å². The fourth-order valence-electron chi connectivity index (χ4n) is 10.1. The van der Waals surface area contributed by atoms with Gasteiger partial charge in [-0.05, 0) is 95.1 Å². The van der Waals surface area contributed by atoms with Crippen molar-refractivity contribution >= 4 is 66.7 Å². The standard InChI is InChI=1S/C54H45BN2/c1-34-29-36(3)52(37(4)30-34)55(53-38(5)31-35(2)32-39(53)6)42-25-23-40(24-26-42)41-15-14-18-44(33-41)57-48-21-12-10-19-45(48)46-27-28-50-51(54(46)57)47-20-11-13-22-49(47)56(50)43-16-8-7-9-17-43/h7-33H,1-6H3. The van der Waals surface area contributed by atoms with Crippen LogP contribution in [0.1, 0.15) is 33.4 Å². The number of benzene rings is 8. The molecule has 2 nitrogen and oxygen atoms in total. The first-order chi connectivity index (χ1) is 27.8. The van der Waals surface area contributed by atoms with Gasteiger partial charge in [-0.3, -0.25) is 0 Å². The Morgan fingerprint density at radius 2 is 0.912 bits per heavy atom. The summed E-state index contributed by atoms with van der Waals surface area (Å²) in [5.74, 6) is 0. The Hall–Kier alpha value is -6.58. The predicted octanol–water partition coefficient (Wildman–Crippen LogP) is 11.9. The van der Waals surface area contributed by atoms with Gasteiger partial charge in [0, 0.05) is 32.9 Å². The maximum atomic E-state index is 2.49. The molecule has 274 valence electrons. The minimum Gasteiger partial charge on any atom is -0.309 e. The molecule has 0 unspecified atom stereocenters. The Labute approximate surface area is 335 Å². The molecule has 0 amide bonds. The summed E-state index contributed by atoms with van der Waals surface area (Å²) in [4.78, 5) is 0. The summed E-state index contributed by atoms with van der Waals surface area (Å²) in [6.07, 6.45) is 0. The molecular weight excluding hydrogens is 687 g/mol. The molecular formula is C54H45BN2. The average molecular weight is 733 g/mol. The van der Waals surface area contributed by atoms with Gasteiger partial charge in [-0.15, -0.1) is 0 Å². The molecule has 0 saturated heterocycles. The fourth-order valence-corrected chi connectivity index (χ4v) is 10.1. The van der Waals surface area contributed by atoms with E-state index in [2.05, 4.69) is 214 Å². The SMILES string of the molecule is Cc1cc(C)c(B(c2ccc(-c3cccc(-n4c5ccccc5c5ccc6c(c7ccccc7n6-c6ccccc6)c54)c3)cc2)c2c(C)cc(C)cc2C)c(C)c1. The van der Waals surface area contributed by atoms with Crippen LogP contribution in [0.2, 0.25) is 0 Å². The maximum absolute atomic E-state index is 2.49. The topological polar surface area (TPSA) is 9.86 Å². The van der Waals surface area contributed by atoms with Crippen molar-refractivity contribution in [3.05, 3.63) is 197 Å². The Morgan fingerprint density at radius 1 is 0.368 bits per heavy atom. The van der Waals surface area contributed by atoms with Gasteiger partial charge in [0.15, 0.2) is 0 Å². The monoisotopic (exact) mass is 732 g/mol. The third-order valence-electron chi connectivity index (χ3n) is 12.2. The molecule has 8 aromatic carbocycles. The van der Waals surface area contributed by atoms with Crippen molar-refractivity contribution in [2.24, 2.45) is 0 Å². The van der Waals surface area contributed by atoms with Gasteiger partial charge >= 0.3 is 0 Å². The molecule has 0 aliphatic rings. The average Bonchev–Trinajstić information content (AvgIpc) is 3.73. The zero-order chi connectivity index (χ0) is 38.9. The fraction of sp³-hybridized carbons (Fsp3) is 0.111. The lowest BCUT2D eigenvalue weighted by molar-refractivity contribution is 1.17. The summed E-state index contributed by atoms with van der Waals surface area (Å²) in [5, 5.41) is 5.05. The highest BCUT2D eigenvalue weighted by atomic mass is 15.0. The molecule has 3 heteroatoms. The van der Waals surface area contributed by atoms with E-state index in [1.54, 1.807) is 0 Å². The van der Waals surface area contributed by atoms with Gasteiger partial charge < -0.3 is 9.13 Å². The molecule has 0 fully saturated rings. The maximum Gasteiger partial charge on any atom is 0.242 e. The van der Waals surface area contributed by atoms with Crippen molar-refractivity contribution in [1.82, 2.24) is 9.13 Å². The van der Waals surface area contributed by atoms with Gasteiger partial charge in [0.25, 0.3) is 0 Å². The highest BCUT2D eigenvalue weighted by molar-refractivity contribution is 6.96. The van der Waals surface area contributed by atoms with Crippen LogP contribution in [0.25, 0.3) is 66.1 Å². The zero-order valence-electron chi connectivity index (χ0n) is 33.6. The number of aromatic nitrogens is 2. The van der Waals surface area contributed by atoms with E-state index in [0.717, 1.165) is 5.69 Å². The summed E-state index contributed by atoms with van der Waals surface area (Å²) < 4.78 is 4.91. The van der Waals surface area contributed by atoms with Crippen molar-refractivity contribution in [3.63, 3.8) is 0 Å². The van der Waals surface area contributed by atoms with Gasteiger partial charge in [-0.1, -0.05) is 171 Å². The molecule has 0 bridgehead atoms. The third kappa shape index (κ3) is 5.64. The molecule has 10 aromatic rings. The van der Waals surface area contributed by atoms with Gasteiger partial charge in [-0.2, -0.15) is 0 Å².